The maximum Gasteiger partial charge on any atom is 0.106 e. The smallest absolute Gasteiger partial charge is 0.106 e. The van der Waals surface area contributed by atoms with Crippen LogP contribution in [0.2, 0.25) is 0 Å². The summed E-state index contributed by atoms with van der Waals surface area (Å²) in [5, 5.41) is 9.53. The van der Waals surface area contributed by atoms with Crippen molar-refractivity contribution in [2.45, 2.75) is 11.9 Å². The normalized spacial score (nSPS) is 10.2. The Balaban J connectivity index is 2.37. The van der Waals surface area contributed by atoms with Gasteiger partial charge in [-0.05, 0) is 29.3 Å². The molecule has 0 unspecified atom stereocenters. The zero-order chi connectivity index (χ0) is 8.81. The molecule has 1 aromatic heterocycles. The molecule has 0 aliphatic heterocycles. The highest BCUT2D eigenvalue weighted by molar-refractivity contribution is 8.76. The fourth-order valence-corrected chi connectivity index (χ4v) is 2.27. The molecule has 0 aromatic carbocycles. The fraction of sp³-hybridized carbons (Fsp3) is 0.375. The van der Waals surface area contributed by atoms with Gasteiger partial charge in [-0.25, -0.2) is 4.98 Å². The third-order valence-electron chi connectivity index (χ3n) is 1.20. The number of hydrogen-bond donors (Lipinski definition) is 1. The van der Waals surface area contributed by atoms with Crippen molar-refractivity contribution < 1.29 is 5.11 Å². The van der Waals surface area contributed by atoms with Gasteiger partial charge in [-0.15, -0.1) is 0 Å². The lowest BCUT2D eigenvalue weighted by Crippen LogP contribution is -1.83. The SMILES string of the molecule is Cc1ccc(SSCCO)nc1. The average molecular weight is 201 g/mol. The summed E-state index contributed by atoms with van der Waals surface area (Å²) < 4.78 is 0. The average Bonchev–Trinajstić information content (AvgIpc) is 2.09. The Morgan fingerprint density at radius 3 is 2.92 bits per heavy atom. The summed E-state index contributed by atoms with van der Waals surface area (Å²) >= 11 is 0. The fourth-order valence-electron chi connectivity index (χ4n) is 0.643. The van der Waals surface area contributed by atoms with Crippen LogP contribution < -0.4 is 0 Å². The van der Waals surface area contributed by atoms with Crippen LogP contribution in [-0.2, 0) is 0 Å². The Labute approximate surface area is 80.2 Å². The summed E-state index contributed by atoms with van der Waals surface area (Å²) in [7, 11) is 3.22. The Bertz CT molecular complexity index is 225. The van der Waals surface area contributed by atoms with Crippen LogP contribution >= 0.6 is 21.6 Å². The van der Waals surface area contributed by atoms with Gasteiger partial charge in [0, 0.05) is 11.9 Å². The highest BCUT2D eigenvalue weighted by Crippen LogP contribution is 2.28. The molecule has 0 atom stereocenters. The van der Waals surface area contributed by atoms with Crippen LogP contribution in [0.1, 0.15) is 5.56 Å². The quantitative estimate of drug-likeness (QED) is 0.597. The molecule has 1 aromatic rings. The maximum atomic E-state index is 8.53. The summed E-state index contributed by atoms with van der Waals surface area (Å²) in [6.07, 6.45) is 1.85. The molecule has 12 heavy (non-hydrogen) atoms. The third-order valence-corrected chi connectivity index (χ3v) is 3.45. The zero-order valence-corrected chi connectivity index (χ0v) is 8.49. The summed E-state index contributed by atoms with van der Waals surface area (Å²) in [6, 6.07) is 4.03. The van der Waals surface area contributed by atoms with Gasteiger partial charge in [-0.3, -0.25) is 0 Å². The predicted molar refractivity (Wildman–Crippen MR) is 54.4 cm³/mol. The largest absolute Gasteiger partial charge is 0.395 e. The van der Waals surface area contributed by atoms with E-state index >= 15 is 0 Å². The minimum Gasteiger partial charge on any atom is -0.395 e. The van der Waals surface area contributed by atoms with Crippen LogP contribution in [0.5, 0.6) is 0 Å². The van der Waals surface area contributed by atoms with Crippen LogP contribution in [0.15, 0.2) is 23.4 Å². The van der Waals surface area contributed by atoms with Crippen LogP contribution in [0.3, 0.4) is 0 Å². The van der Waals surface area contributed by atoms with E-state index in [0.717, 1.165) is 10.8 Å². The van der Waals surface area contributed by atoms with Crippen molar-refractivity contribution in [3.63, 3.8) is 0 Å². The molecule has 0 saturated carbocycles. The van der Waals surface area contributed by atoms with Gasteiger partial charge in [0.15, 0.2) is 0 Å². The van der Waals surface area contributed by atoms with Crippen molar-refractivity contribution in [2.75, 3.05) is 12.4 Å². The molecule has 0 aliphatic carbocycles. The summed E-state index contributed by atoms with van der Waals surface area (Å²) in [6.45, 7) is 2.24. The lowest BCUT2D eigenvalue weighted by Gasteiger charge is -1.98. The Kier molecular flexibility index (Phi) is 4.50. The van der Waals surface area contributed by atoms with Gasteiger partial charge in [0.1, 0.15) is 5.03 Å². The second-order valence-corrected chi connectivity index (χ2v) is 4.74. The first kappa shape index (κ1) is 9.89. The molecule has 1 heterocycles. The van der Waals surface area contributed by atoms with Gasteiger partial charge in [0.2, 0.25) is 0 Å². The van der Waals surface area contributed by atoms with Gasteiger partial charge < -0.3 is 5.11 Å². The maximum absolute atomic E-state index is 8.53. The van der Waals surface area contributed by atoms with Crippen molar-refractivity contribution in [1.82, 2.24) is 4.98 Å². The van der Waals surface area contributed by atoms with E-state index < -0.39 is 0 Å². The molecule has 0 aliphatic rings. The minimum atomic E-state index is 0.226. The van der Waals surface area contributed by atoms with E-state index in [1.165, 1.54) is 5.56 Å². The second-order valence-electron chi connectivity index (χ2n) is 2.30. The van der Waals surface area contributed by atoms with E-state index in [2.05, 4.69) is 4.98 Å². The number of rotatable bonds is 4. The topological polar surface area (TPSA) is 33.1 Å². The van der Waals surface area contributed by atoms with E-state index in [4.69, 9.17) is 5.11 Å². The molecule has 1 rings (SSSR count). The number of aliphatic hydroxyl groups excluding tert-OH is 1. The number of pyridine rings is 1. The highest BCUT2D eigenvalue weighted by atomic mass is 33.1. The molecule has 0 fully saturated rings. The molecule has 0 radical (unpaired) electrons. The third kappa shape index (κ3) is 3.47. The lowest BCUT2D eigenvalue weighted by molar-refractivity contribution is 0.323. The molecular formula is C8H11NOS2. The van der Waals surface area contributed by atoms with E-state index in [-0.39, 0.29) is 6.61 Å². The molecule has 0 amide bonds. The molecule has 0 saturated heterocycles. The molecule has 0 spiro atoms. The Morgan fingerprint density at radius 1 is 1.50 bits per heavy atom. The Morgan fingerprint density at radius 2 is 2.33 bits per heavy atom. The first-order valence-electron chi connectivity index (χ1n) is 3.66. The lowest BCUT2D eigenvalue weighted by atomic mass is 10.3. The number of aryl methyl sites for hydroxylation is 1. The monoisotopic (exact) mass is 201 g/mol. The van der Waals surface area contributed by atoms with Crippen molar-refractivity contribution >= 4 is 21.6 Å². The standard InChI is InChI=1S/C8H11NOS2/c1-7-2-3-8(9-6-7)12-11-5-4-10/h2-3,6,10H,4-5H2,1H3. The number of aromatic nitrogens is 1. The first-order chi connectivity index (χ1) is 5.83. The van der Waals surface area contributed by atoms with Crippen LogP contribution in [0, 0.1) is 6.92 Å². The van der Waals surface area contributed by atoms with Crippen LogP contribution in [0.25, 0.3) is 0 Å². The predicted octanol–water partition coefficient (Wildman–Crippen LogP) is 2.12. The van der Waals surface area contributed by atoms with Gasteiger partial charge in [0.05, 0.1) is 6.61 Å². The van der Waals surface area contributed by atoms with E-state index in [9.17, 15) is 0 Å². The minimum absolute atomic E-state index is 0.226. The molecule has 4 heteroatoms. The van der Waals surface area contributed by atoms with Crippen molar-refractivity contribution in [3.8, 4) is 0 Å². The summed E-state index contributed by atoms with van der Waals surface area (Å²) in [5.74, 6) is 0.750. The number of hydrogen-bond acceptors (Lipinski definition) is 4. The van der Waals surface area contributed by atoms with Gasteiger partial charge in [-0.2, -0.15) is 0 Å². The zero-order valence-electron chi connectivity index (χ0n) is 6.86. The van der Waals surface area contributed by atoms with E-state index in [0.29, 0.717) is 0 Å². The molecular weight excluding hydrogens is 190 g/mol. The van der Waals surface area contributed by atoms with Crippen LogP contribution in [-0.4, -0.2) is 22.5 Å². The van der Waals surface area contributed by atoms with Crippen LogP contribution in [0.4, 0.5) is 0 Å². The van der Waals surface area contributed by atoms with Crippen molar-refractivity contribution in [3.05, 3.63) is 23.9 Å². The molecule has 2 nitrogen and oxygen atoms in total. The van der Waals surface area contributed by atoms with Gasteiger partial charge >= 0.3 is 0 Å². The van der Waals surface area contributed by atoms with E-state index in [1.54, 1.807) is 21.6 Å². The molecule has 66 valence electrons. The molecule has 1 N–H and O–H groups in total. The Hall–Kier alpha value is -0.190. The summed E-state index contributed by atoms with van der Waals surface area (Å²) in [5.41, 5.74) is 1.17. The van der Waals surface area contributed by atoms with Gasteiger partial charge in [-0.1, -0.05) is 16.9 Å². The van der Waals surface area contributed by atoms with Gasteiger partial charge in [0.25, 0.3) is 0 Å². The number of nitrogens with zero attached hydrogens (tertiary/aromatic N) is 1. The summed E-state index contributed by atoms with van der Waals surface area (Å²) in [4.78, 5) is 4.21. The number of aliphatic hydroxyl groups is 1. The highest BCUT2D eigenvalue weighted by Gasteiger charge is 1.94. The van der Waals surface area contributed by atoms with Crippen molar-refractivity contribution in [1.29, 1.82) is 0 Å². The van der Waals surface area contributed by atoms with E-state index in [1.807, 2.05) is 25.3 Å². The van der Waals surface area contributed by atoms with Crippen molar-refractivity contribution in [2.24, 2.45) is 0 Å². The first-order valence-corrected chi connectivity index (χ1v) is 5.98. The molecule has 0 bridgehead atoms. The second kappa shape index (κ2) is 5.45.